The lowest BCUT2D eigenvalue weighted by atomic mass is 10.0. The van der Waals surface area contributed by atoms with Gasteiger partial charge in [0.05, 0.1) is 0 Å². The number of benzene rings is 2. The molecule has 0 bridgehead atoms. The summed E-state index contributed by atoms with van der Waals surface area (Å²) in [5.74, 6) is -0.312. The fourth-order valence-corrected chi connectivity index (χ4v) is 2.00. The molecule has 0 heterocycles. The summed E-state index contributed by atoms with van der Waals surface area (Å²) in [6.45, 7) is 0. The maximum Gasteiger partial charge on any atom is 0.167 e. The maximum absolute atomic E-state index is 13.8. The molecule has 1 atom stereocenters. The van der Waals surface area contributed by atoms with Gasteiger partial charge in [0.25, 0.3) is 0 Å². The summed E-state index contributed by atoms with van der Waals surface area (Å²) in [6.07, 6.45) is -0.354. The molecule has 0 saturated heterocycles. The van der Waals surface area contributed by atoms with E-state index in [4.69, 9.17) is 0 Å². The summed E-state index contributed by atoms with van der Waals surface area (Å²) in [5.41, 5.74) is 1.94. The molecule has 0 aliphatic carbocycles. The van der Waals surface area contributed by atoms with Gasteiger partial charge in [-0.3, -0.25) is 4.79 Å². The van der Waals surface area contributed by atoms with E-state index < -0.39 is 6.17 Å². The van der Waals surface area contributed by atoms with Crippen molar-refractivity contribution in [1.29, 1.82) is 0 Å². The van der Waals surface area contributed by atoms with Gasteiger partial charge in [0.1, 0.15) is 0 Å². The molecular formula is C17H17FO. The van der Waals surface area contributed by atoms with E-state index in [9.17, 15) is 9.18 Å². The van der Waals surface area contributed by atoms with Gasteiger partial charge in [-0.05, 0) is 17.5 Å². The van der Waals surface area contributed by atoms with Gasteiger partial charge in [-0.2, -0.15) is 0 Å². The van der Waals surface area contributed by atoms with Crippen molar-refractivity contribution in [1.82, 2.24) is 0 Å². The fourth-order valence-electron chi connectivity index (χ4n) is 2.00. The van der Waals surface area contributed by atoms with E-state index in [1.807, 2.05) is 60.7 Å². The van der Waals surface area contributed by atoms with Crippen molar-refractivity contribution >= 4 is 5.78 Å². The first kappa shape index (κ1) is 13.5. The number of aryl methyl sites for hydroxylation is 1. The van der Waals surface area contributed by atoms with Crippen LogP contribution in [-0.4, -0.2) is 12.0 Å². The Morgan fingerprint density at radius 2 is 1.42 bits per heavy atom. The van der Waals surface area contributed by atoms with Crippen LogP contribution in [0.5, 0.6) is 0 Å². The lowest BCUT2D eigenvalue weighted by Crippen LogP contribution is -2.18. The van der Waals surface area contributed by atoms with E-state index in [-0.39, 0.29) is 18.6 Å². The molecule has 0 spiro atoms. The molecule has 0 aromatic heterocycles. The number of carbonyl (C=O) groups is 1. The Kier molecular flexibility index (Phi) is 4.85. The topological polar surface area (TPSA) is 17.1 Å². The predicted molar refractivity (Wildman–Crippen MR) is 74.8 cm³/mol. The summed E-state index contributed by atoms with van der Waals surface area (Å²) < 4.78 is 13.8. The van der Waals surface area contributed by atoms with E-state index in [0.717, 1.165) is 11.1 Å². The van der Waals surface area contributed by atoms with Crippen LogP contribution in [0.2, 0.25) is 0 Å². The Balaban J connectivity index is 1.83. The number of hydrogen-bond acceptors (Lipinski definition) is 1. The molecule has 2 heteroatoms. The Morgan fingerprint density at radius 3 is 2.00 bits per heavy atom. The standard InChI is InChI=1S/C17H17FO/c18-16(13-15-9-5-2-6-10-15)17(19)12-11-14-7-3-1-4-8-14/h1-10,16H,11-13H2. The Bertz CT molecular complexity index is 507. The fraction of sp³-hybridized carbons (Fsp3) is 0.235. The number of hydrogen-bond donors (Lipinski definition) is 0. The first-order valence-electron chi connectivity index (χ1n) is 6.50. The van der Waals surface area contributed by atoms with Crippen molar-refractivity contribution in [2.75, 3.05) is 0 Å². The van der Waals surface area contributed by atoms with Gasteiger partial charge < -0.3 is 0 Å². The molecule has 19 heavy (non-hydrogen) atoms. The van der Waals surface area contributed by atoms with Crippen LogP contribution in [-0.2, 0) is 17.6 Å². The van der Waals surface area contributed by atoms with Crippen LogP contribution in [0.1, 0.15) is 17.5 Å². The van der Waals surface area contributed by atoms with E-state index in [1.54, 1.807) is 0 Å². The second kappa shape index (κ2) is 6.83. The Hall–Kier alpha value is -1.96. The third-order valence-electron chi connectivity index (χ3n) is 3.11. The molecule has 1 unspecified atom stereocenters. The van der Waals surface area contributed by atoms with Crippen molar-refractivity contribution in [3.8, 4) is 0 Å². The van der Waals surface area contributed by atoms with Crippen molar-refractivity contribution in [3.05, 3.63) is 71.8 Å². The second-order valence-corrected chi connectivity index (χ2v) is 4.61. The molecule has 1 nitrogen and oxygen atoms in total. The third kappa shape index (κ3) is 4.32. The van der Waals surface area contributed by atoms with Crippen LogP contribution in [0, 0.1) is 0 Å². The van der Waals surface area contributed by atoms with Gasteiger partial charge in [-0.25, -0.2) is 4.39 Å². The zero-order chi connectivity index (χ0) is 13.5. The number of alkyl halides is 1. The zero-order valence-corrected chi connectivity index (χ0v) is 10.8. The van der Waals surface area contributed by atoms with Crippen LogP contribution in [0.4, 0.5) is 4.39 Å². The van der Waals surface area contributed by atoms with Crippen molar-refractivity contribution in [2.45, 2.75) is 25.4 Å². The molecule has 2 rings (SSSR count). The summed E-state index contributed by atoms with van der Waals surface area (Å²) in [6, 6.07) is 19.0. The number of halogens is 1. The lowest BCUT2D eigenvalue weighted by molar-refractivity contribution is -0.123. The van der Waals surface area contributed by atoms with Gasteiger partial charge in [-0.15, -0.1) is 0 Å². The van der Waals surface area contributed by atoms with Crippen molar-refractivity contribution in [2.24, 2.45) is 0 Å². The van der Waals surface area contributed by atoms with Crippen molar-refractivity contribution in [3.63, 3.8) is 0 Å². The van der Waals surface area contributed by atoms with Gasteiger partial charge in [-0.1, -0.05) is 60.7 Å². The zero-order valence-electron chi connectivity index (χ0n) is 10.8. The minimum atomic E-state index is -1.40. The van der Waals surface area contributed by atoms with Crippen LogP contribution < -0.4 is 0 Å². The second-order valence-electron chi connectivity index (χ2n) is 4.61. The summed E-state index contributed by atoms with van der Waals surface area (Å²) in [7, 11) is 0. The van der Waals surface area contributed by atoms with E-state index >= 15 is 0 Å². The molecule has 0 radical (unpaired) electrons. The SMILES string of the molecule is O=C(CCc1ccccc1)C(F)Cc1ccccc1. The van der Waals surface area contributed by atoms with Crippen LogP contribution >= 0.6 is 0 Å². The van der Waals surface area contributed by atoms with E-state index in [2.05, 4.69) is 0 Å². The molecule has 2 aromatic rings. The first-order chi connectivity index (χ1) is 9.25. The molecule has 98 valence electrons. The highest BCUT2D eigenvalue weighted by Gasteiger charge is 2.17. The number of ketones is 1. The largest absolute Gasteiger partial charge is 0.296 e. The molecule has 0 amide bonds. The number of carbonyl (C=O) groups excluding carboxylic acids is 1. The average Bonchev–Trinajstić information content (AvgIpc) is 2.47. The molecule has 0 saturated carbocycles. The van der Waals surface area contributed by atoms with Crippen LogP contribution in [0.25, 0.3) is 0 Å². The van der Waals surface area contributed by atoms with Gasteiger partial charge in [0.2, 0.25) is 0 Å². The monoisotopic (exact) mass is 256 g/mol. The summed E-state index contributed by atoms with van der Waals surface area (Å²) >= 11 is 0. The lowest BCUT2D eigenvalue weighted by Gasteiger charge is -2.07. The third-order valence-corrected chi connectivity index (χ3v) is 3.11. The van der Waals surface area contributed by atoms with Crippen LogP contribution in [0.3, 0.4) is 0 Å². The van der Waals surface area contributed by atoms with E-state index in [1.165, 1.54) is 0 Å². The minimum absolute atomic E-state index is 0.175. The van der Waals surface area contributed by atoms with Gasteiger partial charge in [0.15, 0.2) is 12.0 Å². The molecule has 0 fully saturated rings. The highest BCUT2D eigenvalue weighted by Crippen LogP contribution is 2.10. The molecule has 0 aliphatic heterocycles. The molecule has 0 aliphatic rings. The number of rotatable bonds is 6. The summed E-state index contributed by atoms with van der Waals surface area (Å²) in [5, 5.41) is 0. The Morgan fingerprint density at radius 1 is 0.895 bits per heavy atom. The molecule has 0 N–H and O–H groups in total. The average molecular weight is 256 g/mol. The van der Waals surface area contributed by atoms with E-state index in [0.29, 0.717) is 6.42 Å². The maximum atomic E-state index is 13.8. The molecule has 2 aromatic carbocycles. The smallest absolute Gasteiger partial charge is 0.167 e. The van der Waals surface area contributed by atoms with Crippen molar-refractivity contribution < 1.29 is 9.18 Å². The predicted octanol–water partition coefficient (Wildman–Crippen LogP) is 3.77. The Labute approximate surface area is 113 Å². The highest BCUT2D eigenvalue weighted by molar-refractivity contribution is 5.83. The number of Topliss-reactive ketones (excluding diaryl/α,β-unsaturated/α-hetero) is 1. The van der Waals surface area contributed by atoms with Gasteiger partial charge in [0, 0.05) is 12.8 Å². The summed E-state index contributed by atoms with van der Waals surface area (Å²) in [4.78, 5) is 11.7. The first-order valence-corrected chi connectivity index (χ1v) is 6.50. The molecular weight excluding hydrogens is 239 g/mol. The quantitative estimate of drug-likeness (QED) is 0.769. The van der Waals surface area contributed by atoms with Crippen LogP contribution in [0.15, 0.2) is 60.7 Å². The minimum Gasteiger partial charge on any atom is -0.296 e. The normalized spacial score (nSPS) is 12.1. The highest BCUT2D eigenvalue weighted by atomic mass is 19.1. The van der Waals surface area contributed by atoms with Gasteiger partial charge >= 0.3 is 0 Å².